The van der Waals surface area contributed by atoms with E-state index in [-0.39, 0.29) is 0 Å². The molecule has 4 heteroatoms. The third kappa shape index (κ3) is 3.43. The Labute approximate surface area is 275 Å². The molecule has 0 bridgehead atoms. The predicted molar refractivity (Wildman–Crippen MR) is 198 cm³/mol. The van der Waals surface area contributed by atoms with Crippen molar-refractivity contribution in [3.8, 4) is 44.9 Å². The molecule has 0 fully saturated rings. The van der Waals surface area contributed by atoms with Crippen LogP contribution in [0.2, 0.25) is 0 Å². The molecular weight excluding hydrogens is 585 g/mol. The molecule has 4 nitrogen and oxygen atoms in total. The van der Waals surface area contributed by atoms with Crippen LogP contribution in [0.1, 0.15) is 0 Å². The molecular formula is C44H26N4. The zero-order valence-corrected chi connectivity index (χ0v) is 25.8. The lowest BCUT2D eigenvalue weighted by Gasteiger charge is -2.11. The lowest BCUT2D eigenvalue weighted by molar-refractivity contribution is 1.10. The number of hydrogen-bond donors (Lipinski definition) is 0. The third-order valence-electron chi connectivity index (χ3n) is 10.1. The molecule has 0 N–H and O–H groups in total. The highest BCUT2D eigenvalue weighted by atomic mass is 15.1. The first kappa shape index (κ1) is 25.6. The molecule has 222 valence electrons. The van der Waals surface area contributed by atoms with Crippen molar-refractivity contribution in [1.29, 1.82) is 0 Å². The molecule has 0 saturated heterocycles. The van der Waals surface area contributed by atoms with E-state index in [9.17, 15) is 0 Å². The molecule has 0 radical (unpaired) electrons. The highest BCUT2D eigenvalue weighted by Gasteiger charge is 2.24. The molecule has 0 saturated carbocycles. The Morgan fingerprint density at radius 2 is 1.06 bits per heavy atom. The summed E-state index contributed by atoms with van der Waals surface area (Å²) >= 11 is 0. The van der Waals surface area contributed by atoms with Crippen LogP contribution in [-0.4, -0.2) is 19.1 Å². The summed E-state index contributed by atoms with van der Waals surface area (Å²) in [6, 6.07) is 52.6. The van der Waals surface area contributed by atoms with Gasteiger partial charge in [0, 0.05) is 50.6 Å². The summed E-state index contributed by atoms with van der Waals surface area (Å²) in [5.74, 6) is 0.917. The van der Waals surface area contributed by atoms with Crippen molar-refractivity contribution in [3.63, 3.8) is 0 Å². The minimum absolute atomic E-state index is 0.917. The van der Waals surface area contributed by atoms with Crippen LogP contribution in [0.5, 0.6) is 0 Å². The number of pyridine rings is 2. The van der Waals surface area contributed by atoms with E-state index in [1.165, 1.54) is 77.0 Å². The monoisotopic (exact) mass is 610 g/mol. The Kier molecular flexibility index (Phi) is 5.08. The Morgan fingerprint density at radius 1 is 0.417 bits per heavy atom. The topological polar surface area (TPSA) is 35.6 Å². The van der Waals surface area contributed by atoms with Crippen molar-refractivity contribution < 1.29 is 0 Å². The van der Waals surface area contributed by atoms with Gasteiger partial charge in [-0.05, 0) is 94.5 Å². The summed E-state index contributed by atoms with van der Waals surface area (Å²) < 4.78 is 4.69. The SMILES string of the molecule is c1ccc(-n2c3ccccc3c3cc(-c4ccc5c(c4)c4ccccc4n5-c4cc5c6c(cccc6n4)-c4ccncc4-5)ccc32)cc1. The Balaban J connectivity index is 1.12. The van der Waals surface area contributed by atoms with Gasteiger partial charge in [-0.25, -0.2) is 4.98 Å². The van der Waals surface area contributed by atoms with Gasteiger partial charge in [0.25, 0.3) is 0 Å². The largest absolute Gasteiger partial charge is 0.309 e. The second-order valence-electron chi connectivity index (χ2n) is 12.7. The first-order valence-corrected chi connectivity index (χ1v) is 16.3. The summed E-state index contributed by atoms with van der Waals surface area (Å²) in [7, 11) is 0. The fraction of sp³-hybridized carbons (Fsp3) is 0. The zero-order valence-electron chi connectivity index (χ0n) is 25.8. The van der Waals surface area contributed by atoms with E-state index in [1.54, 1.807) is 0 Å². The zero-order chi connectivity index (χ0) is 31.3. The van der Waals surface area contributed by atoms with Crippen LogP contribution < -0.4 is 0 Å². The summed E-state index contributed by atoms with van der Waals surface area (Å²) in [5.41, 5.74) is 14.1. The molecule has 0 atom stereocenters. The second-order valence-corrected chi connectivity index (χ2v) is 12.7. The van der Waals surface area contributed by atoms with Crippen LogP contribution >= 0.6 is 0 Å². The average Bonchev–Trinajstić information content (AvgIpc) is 3.78. The maximum absolute atomic E-state index is 5.27. The maximum atomic E-state index is 5.27. The number of benzene rings is 6. The van der Waals surface area contributed by atoms with Crippen LogP contribution in [0, 0.1) is 0 Å². The van der Waals surface area contributed by atoms with E-state index >= 15 is 0 Å². The van der Waals surface area contributed by atoms with E-state index in [0.717, 1.165) is 22.4 Å². The normalized spacial score (nSPS) is 12.2. The van der Waals surface area contributed by atoms with Crippen LogP contribution in [-0.2, 0) is 0 Å². The van der Waals surface area contributed by atoms with Gasteiger partial charge in [-0.15, -0.1) is 0 Å². The number of aromatic nitrogens is 4. The van der Waals surface area contributed by atoms with Gasteiger partial charge in [-0.1, -0.05) is 78.9 Å². The molecule has 0 spiro atoms. The van der Waals surface area contributed by atoms with Gasteiger partial charge in [0.2, 0.25) is 0 Å². The minimum Gasteiger partial charge on any atom is -0.309 e. The van der Waals surface area contributed by atoms with Gasteiger partial charge in [-0.3, -0.25) is 9.55 Å². The fourth-order valence-electron chi connectivity index (χ4n) is 8.08. The molecule has 1 aliphatic rings. The van der Waals surface area contributed by atoms with Crippen molar-refractivity contribution in [2.24, 2.45) is 0 Å². The second kappa shape index (κ2) is 9.50. The first-order valence-electron chi connectivity index (χ1n) is 16.3. The molecule has 0 aliphatic heterocycles. The van der Waals surface area contributed by atoms with E-state index < -0.39 is 0 Å². The summed E-state index contributed by atoms with van der Waals surface area (Å²) in [6.45, 7) is 0. The van der Waals surface area contributed by atoms with Crippen molar-refractivity contribution >= 4 is 54.5 Å². The van der Waals surface area contributed by atoms with Crippen LogP contribution in [0.25, 0.3) is 99.4 Å². The quantitative estimate of drug-likeness (QED) is 0.199. The lowest BCUT2D eigenvalue weighted by atomic mass is 10.0. The van der Waals surface area contributed by atoms with Crippen molar-refractivity contribution in [3.05, 3.63) is 158 Å². The molecule has 4 heterocycles. The standard InChI is InChI=1S/C44H26N4/c1-2-9-29(10-3-1)47-39-15-6-4-11-31(39)34-23-27(17-19-41(34)47)28-18-20-42-35(24-28)32-12-5-7-16-40(32)48(42)43-25-36-37-26-45-22-21-30(37)33-13-8-14-38(46-43)44(33)36/h1-26H. The van der Waals surface area contributed by atoms with Crippen molar-refractivity contribution in [2.75, 3.05) is 0 Å². The predicted octanol–water partition coefficient (Wildman–Crippen LogP) is 11.1. The number of para-hydroxylation sites is 3. The van der Waals surface area contributed by atoms with E-state index in [1.807, 2.05) is 12.4 Å². The van der Waals surface area contributed by atoms with Crippen LogP contribution in [0.15, 0.2) is 158 Å². The molecule has 1 aliphatic carbocycles. The highest BCUT2D eigenvalue weighted by molar-refractivity contribution is 6.16. The molecule has 10 aromatic rings. The van der Waals surface area contributed by atoms with E-state index in [2.05, 4.69) is 160 Å². The molecule has 4 aromatic heterocycles. The maximum Gasteiger partial charge on any atom is 0.138 e. The first-order chi connectivity index (χ1) is 23.8. The highest BCUT2D eigenvalue weighted by Crippen LogP contribution is 2.47. The fourth-order valence-corrected chi connectivity index (χ4v) is 8.08. The Bertz CT molecular complexity index is 2950. The Morgan fingerprint density at radius 3 is 1.81 bits per heavy atom. The molecule has 11 rings (SSSR count). The van der Waals surface area contributed by atoms with Gasteiger partial charge in [0.05, 0.1) is 27.6 Å². The molecule has 0 amide bonds. The van der Waals surface area contributed by atoms with Gasteiger partial charge >= 0.3 is 0 Å². The summed E-state index contributed by atoms with van der Waals surface area (Å²) in [6.07, 6.45) is 3.86. The number of rotatable bonds is 3. The van der Waals surface area contributed by atoms with E-state index in [0.29, 0.717) is 0 Å². The number of nitrogens with zero attached hydrogens (tertiary/aromatic N) is 4. The van der Waals surface area contributed by atoms with Crippen LogP contribution in [0.4, 0.5) is 0 Å². The number of hydrogen-bond acceptors (Lipinski definition) is 2. The Hall–Kier alpha value is -6.52. The van der Waals surface area contributed by atoms with Gasteiger partial charge in [-0.2, -0.15) is 0 Å². The molecule has 6 aromatic carbocycles. The molecule has 48 heavy (non-hydrogen) atoms. The van der Waals surface area contributed by atoms with Gasteiger partial charge < -0.3 is 4.57 Å². The van der Waals surface area contributed by atoms with Crippen molar-refractivity contribution in [1.82, 2.24) is 19.1 Å². The number of fused-ring (bicyclic) bond motifs is 9. The average molecular weight is 611 g/mol. The third-order valence-corrected chi connectivity index (χ3v) is 10.1. The summed E-state index contributed by atoms with van der Waals surface area (Å²) in [4.78, 5) is 9.75. The van der Waals surface area contributed by atoms with Crippen molar-refractivity contribution in [2.45, 2.75) is 0 Å². The van der Waals surface area contributed by atoms with E-state index in [4.69, 9.17) is 4.98 Å². The van der Waals surface area contributed by atoms with Gasteiger partial charge in [0.1, 0.15) is 5.82 Å². The molecule has 0 unspecified atom stereocenters. The minimum atomic E-state index is 0.917. The van der Waals surface area contributed by atoms with Gasteiger partial charge in [0.15, 0.2) is 0 Å². The lowest BCUT2D eigenvalue weighted by Crippen LogP contribution is -1.98. The summed E-state index contributed by atoms with van der Waals surface area (Å²) in [5, 5.41) is 6.14. The smallest absolute Gasteiger partial charge is 0.138 e. The van der Waals surface area contributed by atoms with Crippen LogP contribution in [0.3, 0.4) is 0 Å².